The summed E-state index contributed by atoms with van der Waals surface area (Å²) in [6.45, 7) is 1.72. The molecule has 1 aromatic rings. The number of rotatable bonds is 3. The fraction of sp³-hybridized carbons (Fsp3) is 0.750. The highest BCUT2D eigenvalue weighted by molar-refractivity contribution is 7.89. The van der Waals surface area contributed by atoms with Gasteiger partial charge in [-0.2, -0.15) is 5.10 Å². The second-order valence-electron chi connectivity index (χ2n) is 5.83. The van der Waals surface area contributed by atoms with Crippen LogP contribution >= 0.6 is 0 Å². The van der Waals surface area contributed by atoms with Gasteiger partial charge in [-0.15, -0.1) is 0 Å². The second-order valence-corrected chi connectivity index (χ2v) is 7.48. The molecule has 0 radical (unpaired) electrons. The zero-order valence-electron chi connectivity index (χ0n) is 11.3. The third-order valence-corrected chi connectivity index (χ3v) is 6.27. The van der Waals surface area contributed by atoms with Gasteiger partial charge in [0.05, 0.1) is 5.69 Å². The van der Waals surface area contributed by atoms with E-state index in [1.807, 2.05) is 0 Å². The fourth-order valence-electron chi connectivity index (χ4n) is 3.59. The third kappa shape index (κ3) is 2.04. The van der Waals surface area contributed by atoms with Gasteiger partial charge in [0.25, 0.3) is 0 Å². The SMILES string of the molecule is Cc1c(S(=O)(=O)NC2CC3CCC2C3)c(N)nn1C. The van der Waals surface area contributed by atoms with Gasteiger partial charge in [-0.05, 0) is 38.0 Å². The number of nitrogens with zero attached hydrogens (tertiary/aromatic N) is 2. The van der Waals surface area contributed by atoms with Crippen LogP contribution in [0.2, 0.25) is 0 Å². The Morgan fingerprint density at radius 1 is 1.37 bits per heavy atom. The molecule has 0 spiro atoms. The van der Waals surface area contributed by atoms with Crippen LogP contribution in [-0.2, 0) is 17.1 Å². The maximum Gasteiger partial charge on any atom is 0.246 e. The molecule has 0 saturated heterocycles. The number of hydrogen-bond donors (Lipinski definition) is 2. The largest absolute Gasteiger partial charge is 0.381 e. The third-order valence-electron chi connectivity index (χ3n) is 4.62. The Hall–Kier alpha value is -1.08. The van der Waals surface area contributed by atoms with Crippen LogP contribution in [-0.4, -0.2) is 24.2 Å². The van der Waals surface area contributed by atoms with E-state index in [0.717, 1.165) is 19.3 Å². The Morgan fingerprint density at radius 3 is 2.58 bits per heavy atom. The van der Waals surface area contributed by atoms with Crippen molar-refractivity contribution in [1.82, 2.24) is 14.5 Å². The molecule has 0 aliphatic heterocycles. The molecule has 3 N–H and O–H groups in total. The Morgan fingerprint density at radius 2 is 2.11 bits per heavy atom. The molecule has 3 atom stereocenters. The van der Waals surface area contributed by atoms with Gasteiger partial charge in [-0.25, -0.2) is 13.1 Å². The van der Waals surface area contributed by atoms with Crippen molar-refractivity contribution in [1.29, 1.82) is 0 Å². The van der Waals surface area contributed by atoms with Crippen LogP contribution in [0.5, 0.6) is 0 Å². The molecule has 7 heteroatoms. The topological polar surface area (TPSA) is 90.0 Å². The van der Waals surface area contributed by atoms with E-state index in [4.69, 9.17) is 5.73 Å². The van der Waals surface area contributed by atoms with E-state index in [1.54, 1.807) is 14.0 Å². The minimum atomic E-state index is -3.56. The number of nitrogen functional groups attached to an aromatic ring is 1. The Balaban J connectivity index is 1.87. The van der Waals surface area contributed by atoms with Gasteiger partial charge < -0.3 is 5.73 Å². The van der Waals surface area contributed by atoms with Gasteiger partial charge in [0.1, 0.15) is 4.90 Å². The first kappa shape index (κ1) is 12.9. The van der Waals surface area contributed by atoms with Gasteiger partial charge in [-0.1, -0.05) is 6.42 Å². The molecular weight excluding hydrogens is 264 g/mol. The molecule has 2 fully saturated rings. The Kier molecular flexibility index (Phi) is 2.86. The lowest BCUT2D eigenvalue weighted by Gasteiger charge is -2.22. The number of aryl methyl sites for hydroxylation is 1. The standard InChI is InChI=1S/C12H20N4O2S/c1-7-11(12(13)14-16(7)2)19(17,18)15-10-6-8-3-4-9(10)5-8/h8-10,15H,3-6H2,1-2H3,(H2,13,14). The fourth-order valence-corrected chi connectivity index (χ4v) is 5.24. The maximum absolute atomic E-state index is 12.5. The Labute approximate surface area is 113 Å². The summed E-state index contributed by atoms with van der Waals surface area (Å²) >= 11 is 0. The van der Waals surface area contributed by atoms with Crippen molar-refractivity contribution in [3.8, 4) is 0 Å². The van der Waals surface area contributed by atoms with Crippen LogP contribution < -0.4 is 10.5 Å². The molecule has 2 bridgehead atoms. The van der Waals surface area contributed by atoms with E-state index in [9.17, 15) is 8.42 Å². The van der Waals surface area contributed by atoms with E-state index in [2.05, 4.69) is 9.82 Å². The average molecular weight is 284 g/mol. The molecule has 1 heterocycles. The van der Waals surface area contributed by atoms with Gasteiger partial charge in [0.2, 0.25) is 10.0 Å². The number of fused-ring (bicyclic) bond motifs is 2. The zero-order valence-corrected chi connectivity index (χ0v) is 12.1. The van der Waals surface area contributed by atoms with Gasteiger partial charge in [-0.3, -0.25) is 4.68 Å². The van der Waals surface area contributed by atoms with E-state index >= 15 is 0 Å². The van der Waals surface area contributed by atoms with Crippen molar-refractivity contribution in [3.63, 3.8) is 0 Å². The highest BCUT2D eigenvalue weighted by Gasteiger charge is 2.42. The van der Waals surface area contributed by atoms with Gasteiger partial charge in [0.15, 0.2) is 5.82 Å². The lowest BCUT2D eigenvalue weighted by Crippen LogP contribution is -2.38. The number of sulfonamides is 1. The molecule has 3 unspecified atom stereocenters. The minimum Gasteiger partial charge on any atom is -0.381 e. The molecule has 2 aliphatic carbocycles. The molecule has 2 aliphatic rings. The van der Waals surface area contributed by atoms with Gasteiger partial charge >= 0.3 is 0 Å². The molecule has 2 saturated carbocycles. The summed E-state index contributed by atoms with van der Waals surface area (Å²) in [5.74, 6) is 1.28. The van der Waals surface area contributed by atoms with E-state index < -0.39 is 10.0 Å². The van der Waals surface area contributed by atoms with E-state index in [-0.39, 0.29) is 16.8 Å². The highest BCUT2D eigenvalue weighted by Crippen LogP contribution is 2.45. The van der Waals surface area contributed by atoms with Crippen molar-refractivity contribution in [2.24, 2.45) is 18.9 Å². The number of nitrogens with two attached hydrogens (primary N) is 1. The van der Waals surface area contributed by atoms with Crippen LogP contribution in [0.15, 0.2) is 4.90 Å². The van der Waals surface area contributed by atoms with Crippen molar-refractivity contribution >= 4 is 15.8 Å². The summed E-state index contributed by atoms with van der Waals surface area (Å²) in [6.07, 6.45) is 4.51. The van der Waals surface area contributed by atoms with Crippen molar-refractivity contribution in [2.45, 2.75) is 43.5 Å². The van der Waals surface area contributed by atoms with E-state index in [1.165, 1.54) is 11.1 Å². The first-order valence-corrected chi connectivity index (χ1v) is 8.18. The number of hydrogen-bond acceptors (Lipinski definition) is 4. The summed E-state index contributed by atoms with van der Waals surface area (Å²) in [7, 11) is -1.87. The van der Waals surface area contributed by atoms with E-state index in [0.29, 0.717) is 17.5 Å². The summed E-state index contributed by atoms with van der Waals surface area (Å²) in [6, 6.07) is 0.0720. The summed E-state index contributed by atoms with van der Waals surface area (Å²) in [5, 5.41) is 3.97. The van der Waals surface area contributed by atoms with Crippen molar-refractivity contribution < 1.29 is 8.42 Å². The monoisotopic (exact) mass is 284 g/mol. The summed E-state index contributed by atoms with van der Waals surface area (Å²) in [4.78, 5) is 0.137. The maximum atomic E-state index is 12.5. The second kappa shape index (κ2) is 4.21. The van der Waals surface area contributed by atoms with Crippen molar-refractivity contribution in [2.75, 3.05) is 5.73 Å². The minimum absolute atomic E-state index is 0.0720. The normalized spacial score (nSPS) is 30.1. The smallest absolute Gasteiger partial charge is 0.246 e. The molecule has 19 heavy (non-hydrogen) atoms. The molecule has 0 amide bonds. The molecule has 0 aromatic carbocycles. The van der Waals surface area contributed by atoms with Crippen LogP contribution in [0, 0.1) is 18.8 Å². The quantitative estimate of drug-likeness (QED) is 0.858. The van der Waals surface area contributed by atoms with Crippen LogP contribution in [0.4, 0.5) is 5.82 Å². The van der Waals surface area contributed by atoms with Gasteiger partial charge in [0, 0.05) is 13.1 Å². The predicted octanol–water partition coefficient (Wildman–Crippen LogP) is 0.778. The summed E-state index contributed by atoms with van der Waals surface area (Å²) in [5.41, 5.74) is 6.30. The molecule has 3 rings (SSSR count). The molecule has 6 nitrogen and oxygen atoms in total. The van der Waals surface area contributed by atoms with Crippen molar-refractivity contribution in [3.05, 3.63) is 5.69 Å². The zero-order chi connectivity index (χ0) is 13.8. The number of aromatic nitrogens is 2. The van der Waals surface area contributed by atoms with Crippen LogP contribution in [0.3, 0.4) is 0 Å². The van der Waals surface area contributed by atoms with Crippen LogP contribution in [0.25, 0.3) is 0 Å². The molecule has 106 valence electrons. The first-order chi connectivity index (χ1) is 8.88. The first-order valence-electron chi connectivity index (χ1n) is 6.70. The number of nitrogens with one attached hydrogen (secondary N) is 1. The van der Waals surface area contributed by atoms with Crippen LogP contribution in [0.1, 0.15) is 31.4 Å². The highest BCUT2D eigenvalue weighted by atomic mass is 32.2. The predicted molar refractivity (Wildman–Crippen MR) is 71.9 cm³/mol. The molecular formula is C12H20N4O2S. The lowest BCUT2D eigenvalue weighted by molar-refractivity contribution is 0.390. The Bertz CT molecular complexity index is 607. The number of anilines is 1. The lowest BCUT2D eigenvalue weighted by atomic mass is 9.96. The molecule has 1 aromatic heterocycles. The summed E-state index contributed by atoms with van der Waals surface area (Å²) < 4.78 is 29.3. The average Bonchev–Trinajstić information content (AvgIpc) is 2.94.